The lowest BCUT2D eigenvalue weighted by atomic mass is 10.1. The van der Waals surface area contributed by atoms with Crippen LogP contribution in [0, 0.1) is 6.92 Å². The molecule has 3 N–H and O–H groups in total. The largest absolute Gasteiger partial charge is 0.357 e. The van der Waals surface area contributed by atoms with E-state index in [1.54, 1.807) is 11.3 Å². The van der Waals surface area contributed by atoms with E-state index in [1.807, 2.05) is 31.2 Å². The number of aliphatic imine (C=N–C) groups is 1. The number of carbonyl (C=O) groups is 1. The first-order valence-electron chi connectivity index (χ1n) is 8.56. The number of thiophene rings is 1. The molecule has 2 rings (SSSR count). The van der Waals surface area contributed by atoms with E-state index < -0.39 is 0 Å². The van der Waals surface area contributed by atoms with Crippen molar-refractivity contribution in [3.63, 3.8) is 0 Å². The quantitative estimate of drug-likeness (QED) is 0.525. The fourth-order valence-electron chi connectivity index (χ4n) is 2.31. The summed E-state index contributed by atoms with van der Waals surface area (Å²) in [5.74, 6) is 0.519. The molecule has 0 aliphatic carbocycles. The van der Waals surface area contributed by atoms with Crippen LogP contribution in [-0.4, -0.2) is 25.0 Å². The monoisotopic (exact) mass is 358 g/mol. The molecule has 0 spiro atoms. The zero-order chi connectivity index (χ0) is 18.1. The third-order valence-corrected chi connectivity index (χ3v) is 4.75. The van der Waals surface area contributed by atoms with Crippen molar-refractivity contribution in [3.05, 3.63) is 51.7 Å². The summed E-state index contributed by atoms with van der Waals surface area (Å²) in [6.45, 7) is 7.72. The molecule has 25 heavy (non-hydrogen) atoms. The molecular formula is C19H26N4OS. The highest BCUT2D eigenvalue weighted by Gasteiger charge is 2.05. The van der Waals surface area contributed by atoms with Crippen molar-refractivity contribution in [1.82, 2.24) is 10.6 Å². The number of nitrogens with one attached hydrogen (secondary N) is 3. The molecule has 0 saturated heterocycles. The molecular weight excluding hydrogens is 332 g/mol. The number of amides is 1. The molecule has 2 aromatic rings. The van der Waals surface area contributed by atoms with Gasteiger partial charge in [0.15, 0.2) is 5.96 Å². The highest BCUT2D eigenvalue weighted by Crippen LogP contribution is 2.14. The maximum absolute atomic E-state index is 12.1. The van der Waals surface area contributed by atoms with E-state index in [1.165, 1.54) is 16.0 Å². The van der Waals surface area contributed by atoms with Crippen molar-refractivity contribution in [2.45, 2.75) is 33.7 Å². The van der Waals surface area contributed by atoms with E-state index in [4.69, 9.17) is 0 Å². The van der Waals surface area contributed by atoms with Gasteiger partial charge in [-0.2, -0.15) is 0 Å². The van der Waals surface area contributed by atoms with Gasteiger partial charge in [-0.15, -0.1) is 11.3 Å². The molecule has 1 aromatic carbocycles. The number of anilines is 1. The molecule has 134 valence electrons. The van der Waals surface area contributed by atoms with Gasteiger partial charge < -0.3 is 16.0 Å². The van der Waals surface area contributed by atoms with Gasteiger partial charge >= 0.3 is 0 Å². The Labute approximate surface area is 153 Å². The summed E-state index contributed by atoms with van der Waals surface area (Å²) in [5, 5.41) is 11.4. The van der Waals surface area contributed by atoms with Crippen LogP contribution < -0.4 is 16.0 Å². The highest BCUT2D eigenvalue weighted by molar-refractivity contribution is 7.10. The van der Waals surface area contributed by atoms with Crippen LogP contribution in [0.1, 0.15) is 29.9 Å². The van der Waals surface area contributed by atoms with Crippen LogP contribution in [0.15, 0.2) is 40.7 Å². The summed E-state index contributed by atoms with van der Waals surface area (Å²) < 4.78 is 0. The maximum Gasteiger partial charge on any atom is 0.246 e. The molecule has 0 bridgehead atoms. The van der Waals surface area contributed by atoms with Gasteiger partial charge in [-0.3, -0.25) is 4.79 Å². The predicted molar refractivity (Wildman–Crippen MR) is 106 cm³/mol. The van der Waals surface area contributed by atoms with Crippen molar-refractivity contribution in [3.8, 4) is 0 Å². The van der Waals surface area contributed by atoms with Crippen molar-refractivity contribution < 1.29 is 4.79 Å². The Morgan fingerprint density at radius 3 is 2.72 bits per heavy atom. The number of benzene rings is 1. The summed E-state index contributed by atoms with van der Waals surface area (Å²) in [4.78, 5) is 17.8. The summed E-state index contributed by atoms with van der Waals surface area (Å²) in [5.41, 5.74) is 3.27. The van der Waals surface area contributed by atoms with Crippen LogP contribution in [0.3, 0.4) is 0 Å². The van der Waals surface area contributed by atoms with Crippen LogP contribution in [-0.2, 0) is 17.8 Å². The van der Waals surface area contributed by atoms with Gasteiger partial charge in [0, 0.05) is 17.1 Å². The number of rotatable bonds is 7. The molecule has 6 heteroatoms. The van der Waals surface area contributed by atoms with E-state index in [-0.39, 0.29) is 12.5 Å². The minimum atomic E-state index is -0.127. The zero-order valence-corrected chi connectivity index (χ0v) is 15.9. The first kappa shape index (κ1) is 19.0. The second kappa shape index (κ2) is 9.84. The van der Waals surface area contributed by atoms with Gasteiger partial charge in [0.05, 0.1) is 6.54 Å². The molecule has 0 aliphatic rings. The number of aryl methyl sites for hydroxylation is 2. The van der Waals surface area contributed by atoms with Crippen LogP contribution in [0.4, 0.5) is 5.69 Å². The molecule has 5 nitrogen and oxygen atoms in total. The predicted octanol–water partition coefficient (Wildman–Crippen LogP) is 3.31. The fourth-order valence-corrected chi connectivity index (χ4v) is 3.16. The van der Waals surface area contributed by atoms with Crippen molar-refractivity contribution in [2.75, 3.05) is 18.4 Å². The van der Waals surface area contributed by atoms with E-state index in [0.29, 0.717) is 12.5 Å². The smallest absolute Gasteiger partial charge is 0.246 e. The molecule has 1 amide bonds. The minimum absolute atomic E-state index is 0.0785. The Morgan fingerprint density at radius 1 is 1.20 bits per heavy atom. The Kier molecular flexibility index (Phi) is 7.47. The second-order valence-electron chi connectivity index (χ2n) is 5.68. The average molecular weight is 359 g/mol. The van der Waals surface area contributed by atoms with Gasteiger partial charge in [0.25, 0.3) is 0 Å². The van der Waals surface area contributed by atoms with Crippen molar-refractivity contribution in [2.24, 2.45) is 4.99 Å². The standard InChI is InChI=1S/C19H26N4OS/c1-4-15-7-6-8-16(11-15)23-18(24)13-22-19(20-5-2)21-12-17-14(3)9-10-25-17/h6-11H,4-5,12-13H2,1-3H3,(H,23,24)(H2,20,21,22). The van der Waals surface area contributed by atoms with E-state index in [0.717, 1.165) is 18.7 Å². The molecule has 1 aromatic heterocycles. The Balaban J connectivity index is 1.90. The lowest BCUT2D eigenvalue weighted by Gasteiger charge is -2.11. The fraction of sp³-hybridized carbons (Fsp3) is 0.368. The second-order valence-corrected chi connectivity index (χ2v) is 6.68. The summed E-state index contributed by atoms with van der Waals surface area (Å²) in [6, 6.07) is 9.98. The lowest BCUT2D eigenvalue weighted by molar-refractivity contribution is -0.114. The number of carbonyl (C=O) groups excluding carboxylic acids is 1. The molecule has 0 aliphatic heterocycles. The van der Waals surface area contributed by atoms with Gasteiger partial charge in [-0.05, 0) is 55.0 Å². The van der Waals surface area contributed by atoms with E-state index >= 15 is 0 Å². The molecule has 0 unspecified atom stereocenters. The molecule has 0 atom stereocenters. The topological polar surface area (TPSA) is 65.5 Å². The minimum Gasteiger partial charge on any atom is -0.357 e. The van der Waals surface area contributed by atoms with E-state index in [9.17, 15) is 4.79 Å². The van der Waals surface area contributed by atoms with Crippen LogP contribution in [0.5, 0.6) is 0 Å². The Bertz CT molecular complexity index is 724. The lowest BCUT2D eigenvalue weighted by Crippen LogP contribution is -2.37. The number of hydrogen-bond acceptors (Lipinski definition) is 3. The van der Waals surface area contributed by atoms with Gasteiger partial charge in [-0.25, -0.2) is 4.99 Å². The zero-order valence-electron chi connectivity index (χ0n) is 15.1. The Morgan fingerprint density at radius 2 is 2.04 bits per heavy atom. The molecule has 1 heterocycles. The molecule has 0 fully saturated rings. The SMILES string of the molecule is CCNC(=NCC(=O)Nc1cccc(CC)c1)NCc1sccc1C. The van der Waals surface area contributed by atoms with Crippen LogP contribution in [0.2, 0.25) is 0 Å². The molecule has 0 saturated carbocycles. The first-order valence-corrected chi connectivity index (χ1v) is 9.44. The average Bonchev–Trinajstić information content (AvgIpc) is 3.02. The van der Waals surface area contributed by atoms with Gasteiger partial charge in [0.2, 0.25) is 5.91 Å². The highest BCUT2D eigenvalue weighted by atomic mass is 32.1. The maximum atomic E-state index is 12.1. The summed E-state index contributed by atoms with van der Waals surface area (Å²) in [7, 11) is 0. The third kappa shape index (κ3) is 6.23. The summed E-state index contributed by atoms with van der Waals surface area (Å²) >= 11 is 1.71. The van der Waals surface area contributed by atoms with E-state index in [2.05, 4.69) is 46.2 Å². The van der Waals surface area contributed by atoms with Crippen molar-refractivity contribution >= 4 is 28.9 Å². The third-order valence-electron chi connectivity index (χ3n) is 3.73. The van der Waals surface area contributed by atoms with Gasteiger partial charge in [0.1, 0.15) is 6.54 Å². The number of guanidine groups is 1. The number of hydrogen-bond donors (Lipinski definition) is 3. The normalized spacial score (nSPS) is 11.2. The first-order chi connectivity index (χ1) is 12.1. The van der Waals surface area contributed by atoms with Crippen molar-refractivity contribution in [1.29, 1.82) is 0 Å². The van der Waals surface area contributed by atoms with Crippen LogP contribution in [0.25, 0.3) is 0 Å². The van der Waals surface area contributed by atoms with Crippen LogP contribution >= 0.6 is 11.3 Å². The Hall–Kier alpha value is -2.34. The number of nitrogens with zero attached hydrogens (tertiary/aromatic N) is 1. The summed E-state index contributed by atoms with van der Waals surface area (Å²) in [6.07, 6.45) is 0.943. The van der Waals surface area contributed by atoms with Gasteiger partial charge in [-0.1, -0.05) is 19.1 Å². The molecule has 0 radical (unpaired) electrons.